The second-order valence-electron chi connectivity index (χ2n) is 8.17. The molecule has 6 nitrogen and oxygen atoms in total. The van der Waals surface area contributed by atoms with E-state index >= 15 is 0 Å². The quantitative estimate of drug-likeness (QED) is 0.303. The van der Waals surface area contributed by atoms with E-state index in [9.17, 15) is 15.0 Å². The number of methoxy groups -OCH3 is 1. The van der Waals surface area contributed by atoms with Gasteiger partial charge in [-0.2, -0.15) is 0 Å². The van der Waals surface area contributed by atoms with Crippen molar-refractivity contribution in [2.45, 2.75) is 31.6 Å². The fourth-order valence-corrected chi connectivity index (χ4v) is 4.14. The van der Waals surface area contributed by atoms with Crippen molar-refractivity contribution in [3.05, 3.63) is 99.3 Å². The summed E-state index contributed by atoms with van der Waals surface area (Å²) in [5, 5.41) is 22.6. The van der Waals surface area contributed by atoms with Crippen LogP contribution in [0.2, 0.25) is 10.2 Å². The molecule has 0 spiro atoms. The Morgan fingerprint density at radius 3 is 2.32 bits per heavy atom. The van der Waals surface area contributed by atoms with Crippen LogP contribution in [0.4, 0.5) is 0 Å². The normalized spacial score (nSPS) is 14.0. The van der Waals surface area contributed by atoms with Crippen LogP contribution in [0.5, 0.6) is 0 Å². The summed E-state index contributed by atoms with van der Waals surface area (Å²) in [7, 11) is 1.35. The van der Waals surface area contributed by atoms with E-state index < -0.39 is 12.2 Å². The van der Waals surface area contributed by atoms with Crippen LogP contribution in [0.25, 0.3) is 0 Å². The molecule has 0 saturated carbocycles. The number of ether oxygens (including phenoxy) is 1. The molecule has 0 saturated heterocycles. The molecule has 3 atom stereocenters. The third kappa shape index (κ3) is 7.26. The monoisotopic (exact) mass is 502 g/mol. The number of hydrogen-bond donors (Lipinski definition) is 2. The molecular weight excluding hydrogens is 475 g/mol. The third-order valence-corrected chi connectivity index (χ3v) is 6.10. The summed E-state index contributed by atoms with van der Waals surface area (Å²) in [5.74, 6) is -0.386. The molecule has 2 N–H and O–H groups in total. The summed E-state index contributed by atoms with van der Waals surface area (Å²) in [6.45, 7) is 2.54. The summed E-state index contributed by atoms with van der Waals surface area (Å²) in [4.78, 5) is 17.9. The molecule has 0 aliphatic heterocycles. The summed E-state index contributed by atoms with van der Waals surface area (Å²) in [6, 6.07) is 19.4. The van der Waals surface area contributed by atoms with Crippen molar-refractivity contribution >= 4 is 29.2 Å². The van der Waals surface area contributed by atoms with E-state index in [-0.39, 0.29) is 25.1 Å². The first-order valence-electron chi connectivity index (χ1n) is 10.9. The maximum Gasteiger partial charge on any atom is 0.337 e. The molecule has 0 bridgehead atoms. The zero-order valence-corrected chi connectivity index (χ0v) is 20.6. The lowest BCUT2D eigenvalue weighted by Crippen LogP contribution is -2.40. The van der Waals surface area contributed by atoms with Crippen molar-refractivity contribution in [1.29, 1.82) is 0 Å². The predicted octanol–water partition coefficient (Wildman–Crippen LogP) is 4.88. The third-order valence-electron chi connectivity index (χ3n) is 5.66. The van der Waals surface area contributed by atoms with Gasteiger partial charge < -0.3 is 14.9 Å². The van der Waals surface area contributed by atoms with Crippen molar-refractivity contribution in [2.24, 2.45) is 0 Å². The number of nitrogens with zero attached hydrogens (tertiary/aromatic N) is 2. The first kappa shape index (κ1) is 26.1. The fraction of sp³-hybridized carbons (Fsp3) is 0.308. The Labute approximate surface area is 209 Å². The topological polar surface area (TPSA) is 82.9 Å². The summed E-state index contributed by atoms with van der Waals surface area (Å²) in [6.07, 6.45) is -1.06. The average Bonchev–Trinajstić information content (AvgIpc) is 2.83. The minimum absolute atomic E-state index is 0.0494. The van der Waals surface area contributed by atoms with Gasteiger partial charge in [0.25, 0.3) is 0 Å². The van der Waals surface area contributed by atoms with E-state index in [4.69, 9.17) is 27.9 Å². The van der Waals surface area contributed by atoms with Crippen LogP contribution >= 0.6 is 23.2 Å². The molecule has 3 aromatic rings. The highest BCUT2D eigenvalue weighted by Crippen LogP contribution is 2.23. The van der Waals surface area contributed by atoms with Crippen molar-refractivity contribution in [2.75, 3.05) is 20.2 Å². The van der Waals surface area contributed by atoms with Gasteiger partial charge in [0.1, 0.15) is 11.3 Å². The summed E-state index contributed by atoms with van der Waals surface area (Å²) in [5.41, 5.74) is 2.65. The number of rotatable bonds is 10. The van der Waals surface area contributed by atoms with Gasteiger partial charge >= 0.3 is 5.97 Å². The van der Waals surface area contributed by atoms with E-state index in [0.717, 1.165) is 5.56 Å². The van der Waals surface area contributed by atoms with Crippen LogP contribution in [0.3, 0.4) is 0 Å². The Bertz CT molecular complexity index is 1040. The van der Waals surface area contributed by atoms with Gasteiger partial charge in [0, 0.05) is 24.2 Å². The number of pyridine rings is 1. The number of aliphatic hydroxyl groups excluding tert-OH is 2. The number of aromatic nitrogens is 1. The molecule has 2 aromatic carbocycles. The van der Waals surface area contributed by atoms with E-state index in [1.165, 1.54) is 7.11 Å². The summed E-state index contributed by atoms with van der Waals surface area (Å²) < 4.78 is 4.76. The van der Waals surface area contributed by atoms with Crippen LogP contribution in [0.15, 0.2) is 66.7 Å². The lowest BCUT2D eigenvalue weighted by molar-refractivity contribution is 0.0466. The first-order valence-corrected chi connectivity index (χ1v) is 11.7. The number of hydrogen-bond acceptors (Lipinski definition) is 6. The summed E-state index contributed by atoms with van der Waals surface area (Å²) >= 11 is 12.1. The molecule has 0 amide bonds. The molecule has 0 aliphatic rings. The van der Waals surface area contributed by atoms with Crippen LogP contribution < -0.4 is 0 Å². The number of halogens is 2. The smallest absolute Gasteiger partial charge is 0.337 e. The van der Waals surface area contributed by atoms with Gasteiger partial charge in [-0.15, -0.1) is 0 Å². The highest BCUT2D eigenvalue weighted by atomic mass is 35.5. The van der Waals surface area contributed by atoms with Gasteiger partial charge in [0.2, 0.25) is 0 Å². The Morgan fingerprint density at radius 1 is 1.00 bits per heavy atom. The highest BCUT2D eigenvalue weighted by molar-refractivity contribution is 6.30. The van der Waals surface area contributed by atoms with Crippen molar-refractivity contribution < 1.29 is 19.7 Å². The van der Waals surface area contributed by atoms with Gasteiger partial charge in [0.15, 0.2) is 0 Å². The fourth-order valence-electron chi connectivity index (χ4n) is 3.77. The molecule has 3 rings (SSSR count). The van der Waals surface area contributed by atoms with Crippen molar-refractivity contribution in [1.82, 2.24) is 9.88 Å². The first-order chi connectivity index (χ1) is 16.3. The Hall–Kier alpha value is -2.48. The molecule has 0 radical (unpaired) electrons. The number of esters is 1. The van der Waals surface area contributed by atoms with Gasteiger partial charge in [-0.05, 0) is 60.9 Å². The van der Waals surface area contributed by atoms with Crippen molar-refractivity contribution in [3.8, 4) is 0 Å². The SMILES string of the molecule is COC(=O)c1ccc(C[C@@H](C)N(C[C@@H](O)c2cccc(Cl)n2)C[C@H](O)c2cccc(Cl)c2)cc1. The van der Waals surface area contributed by atoms with Crippen LogP contribution in [0.1, 0.15) is 46.3 Å². The van der Waals surface area contributed by atoms with E-state index in [1.54, 1.807) is 48.5 Å². The standard InChI is InChI=1S/C26H28Cl2N2O4/c1-17(13-18-9-11-19(12-10-18)26(33)34-2)30(15-23(31)20-5-3-6-21(27)14-20)16-24(32)22-7-4-8-25(28)29-22/h3-12,14,17,23-24,31-32H,13,15-16H2,1-2H3/t17-,23+,24-/m1/s1. The van der Waals surface area contributed by atoms with Gasteiger partial charge in [-0.3, -0.25) is 4.90 Å². The molecule has 0 aliphatic carbocycles. The molecule has 180 valence electrons. The molecule has 1 heterocycles. The minimum atomic E-state index is -0.894. The zero-order chi connectivity index (χ0) is 24.7. The second kappa shape index (κ2) is 12.3. The molecule has 1 aromatic heterocycles. The van der Waals surface area contributed by atoms with Gasteiger partial charge in [-0.25, -0.2) is 9.78 Å². The van der Waals surface area contributed by atoms with E-state index in [2.05, 4.69) is 4.98 Å². The van der Waals surface area contributed by atoms with Gasteiger partial charge in [0.05, 0.1) is 24.5 Å². The molecule has 34 heavy (non-hydrogen) atoms. The highest BCUT2D eigenvalue weighted by Gasteiger charge is 2.23. The number of benzene rings is 2. The Morgan fingerprint density at radius 2 is 1.68 bits per heavy atom. The van der Waals surface area contributed by atoms with Crippen LogP contribution in [-0.4, -0.2) is 52.3 Å². The van der Waals surface area contributed by atoms with Crippen LogP contribution in [0, 0.1) is 0 Å². The van der Waals surface area contributed by atoms with Crippen molar-refractivity contribution in [3.63, 3.8) is 0 Å². The Balaban J connectivity index is 1.78. The molecule has 0 fully saturated rings. The van der Waals surface area contributed by atoms with Crippen LogP contribution in [-0.2, 0) is 11.2 Å². The molecule has 0 unspecified atom stereocenters. The second-order valence-corrected chi connectivity index (χ2v) is 8.99. The van der Waals surface area contributed by atoms with E-state index in [1.807, 2.05) is 30.0 Å². The lowest BCUT2D eigenvalue weighted by Gasteiger charge is -2.33. The molecular formula is C26H28Cl2N2O4. The number of carbonyl (C=O) groups excluding carboxylic acids is 1. The number of aliphatic hydroxyl groups is 2. The lowest BCUT2D eigenvalue weighted by atomic mass is 10.0. The molecule has 8 heteroatoms. The Kier molecular flexibility index (Phi) is 9.45. The largest absolute Gasteiger partial charge is 0.465 e. The average molecular weight is 503 g/mol. The van der Waals surface area contributed by atoms with E-state index in [0.29, 0.717) is 33.4 Å². The van der Waals surface area contributed by atoms with Gasteiger partial charge in [-0.1, -0.05) is 53.5 Å². The maximum atomic E-state index is 11.7. The minimum Gasteiger partial charge on any atom is -0.465 e. The number of carbonyl (C=O) groups is 1. The zero-order valence-electron chi connectivity index (χ0n) is 19.1. The maximum absolute atomic E-state index is 11.7. The predicted molar refractivity (Wildman–Crippen MR) is 133 cm³/mol.